The average Bonchev–Trinajstić information content (AvgIpc) is 2.73. The quantitative estimate of drug-likeness (QED) is 0.761. The third kappa shape index (κ3) is 2.76. The van der Waals surface area contributed by atoms with Gasteiger partial charge in [-0.25, -0.2) is 4.98 Å². The molecule has 1 aliphatic heterocycles. The largest absolute Gasteiger partial charge is 0.335 e. The third-order valence-corrected chi connectivity index (χ3v) is 3.70. The fraction of sp³-hybridized carbons (Fsp3) is 0.500. The number of hydrogen-bond acceptors (Lipinski definition) is 4. The van der Waals surface area contributed by atoms with Crippen molar-refractivity contribution in [3.8, 4) is 0 Å². The minimum atomic E-state index is -0.0466. The van der Waals surface area contributed by atoms with E-state index in [4.69, 9.17) is 11.6 Å². The van der Waals surface area contributed by atoms with Crippen molar-refractivity contribution in [2.75, 3.05) is 20.1 Å². The van der Waals surface area contributed by atoms with Crippen molar-refractivity contribution in [1.82, 2.24) is 14.8 Å². The summed E-state index contributed by atoms with van der Waals surface area (Å²) < 4.78 is 0. The standard InChI is InChI=1S/C10H12ClN3O2S/c1-13-4-10(16)14(5-9(13)15)3-8-12-7(2-11)6-17-8/h6H,2-5H2,1H3. The summed E-state index contributed by atoms with van der Waals surface area (Å²) in [5, 5.41) is 2.68. The Kier molecular flexibility index (Phi) is 3.63. The predicted octanol–water partition coefficient (Wildman–Crippen LogP) is 0.682. The van der Waals surface area contributed by atoms with Crippen LogP contribution < -0.4 is 0 Å². The lowest BCUT2D eigenvalue weighted by Crippen LogP contribution is -2.51. The van der Waals surface area contributed by atoms with Gasteiger partial charge < -0.3 is 9.80 Å². The number of likely N-dealkylation sites (N-methyl/N-ethyl adjacent to an activating group) is 1. The van der Waals surface area contributed by atoms with Crippen LogP contribution in [-0.4, -0.2) is 46.7 Å². The molecule has 5 nitrogen and oxygen atoms in total. The summed E-state index contributed by atoms with van der Waals surface area (Å²) in [4.78, 5) is 30.4. The first-order valence-electron chi connectivity index (χ1n) is 5.11. The Morgan fingerprint density at radius 1 is 1.41 bits per heavy atom. The second-order valence-corrected chi connectivity index (χ2v) is 5.08. The molecule has 7 heteroatoms. The Hall–Kier alpha value is -1.14. The van der Waals surface area contributed by atoms with E-state index >= 15 is 0 Å². The number of amides is 2. The zero-order valence-corrected chi connectivity index (χ0v) is 10.9. The summed E-state index contributed by atoms with van der Waals surface area (Å²) in [7, 11) is 1.63. The molecule has 0 atom stereocenters. The molecule has 2 rings (SSSR count). The van der Waals surface area contributed by atoms with E-state index in [1.165, 1.54) is 21.1 Å². The van der Waals surface area contributed by atoms with E-state index in [9.17, 15) is 9.59 Å². The number of nitrogens with zero attached hydrogens (tertiary/aromatic N) is 3. The highest BCUT2D eigenvalue weighted by atomic mass is 35.5. The molecule has 2 heterocycles. The van der Waals surface area contributed by atoms with Gasteiger partial charge in [0.05, 0.1) is 24.7 Å². The number of aromatic nitrogens is 1. The van der Waals surface area contributed by atoms with Crippen molar-refractivity contribution in [2.45, 2.75) is 12.4 Å². The lowest BCUT2D eigenvalue weighted by molar-refractivity contribution is -0.149. The number of halogens is 1. The highest BCUT2D eigenvalue weighted by Crippen LogP contribution is 2.15. The maximum atomic E-state index is 11.7. The first-order valence-corrected chi connectivity index (χ1v) is 6.52. The molecule has 92 valence electrons. The number of piperazine rings is 1. The fourth-order valence-electron chi connectivity index (χ4n) is 1.55. The molecule has 2 amide bonds. The Morgan fingerprint density at radius 3 is 2.82 bits per heavy atom. The van der Waals surface area contributed by atoms with Gasteiger partial charge in [-0.05, 0) is 0 Å². The van der Waals surface area contributed by atoms with Crippen molar-refractivity contribution < 1.29 is 9.59 Å². The lowest BCUT2D eigenvalue weighted by atomic mass is 10.3. The number of hydrogen-bond donors (Lipinski definition) is 0. The molecular weight excluding hydrogens is 262 g/mol. The van der Waals surface area contributed by atoms with Crippen molar-refractivity contribution in [3.05, 3.63) is 16.1 Å². The molecule has 0 bridgehead atoms. The maximum Gasteiger partial charge on any atom is 0.243 e. The summed E-state index contributed by atoms with van der Waals surface area (Å²) in [6.45, 7) is 0.664. The first-order chi connectivity index (χ1) is 8.10. The predicted molar refractivity (Wildman–Crippen MR) is 64.7 cm³/mol. The van der Waals surface area contributed by atoms with Crippen molar-refractivity contribution in [2.24, 2.45) is 0 Å². The normalized spacial score (nSPS) is 16.8. The molecule has 0 N–H and O–H groups in total. The molecule has 1 aromatic rings. The van der Waals surface area contributed by atoms with E-state index in [0.29, 0.717) is 12.4 Å². The van der Waals surface area contributed by atoms with Crippen LogP contribution in [0, 0.1) is 0 Å². The molecule has 0 saturated carbocycles. The van der Waals surface area contributed by atoms with E-state index in [0.717, 1.165) is 10.7 Å². The average molecular weight is 274 g/mol. The van der Waals surface area contributed by atoms with E-state index in [1.807, 2.05) is 5.38 Å². The first kappa shape index (κ1) is 12.3. The molecule has 1 aliphatic rings. The van der Waals surface area contributed by atoms with Crippen LogP contribution in [0.5, 0.6) is 0 Å². The van der Waals surface area contributed by atoms with Gasteiger partial charge in [-0.3, -0.25) is 9.59 Å². The van der Waals surface area contributed by atoms with Crippen LogP contribution in [0.25, 0.3) is 0 Å². The highest BCUT2D eigenvalue weighted by Gasteiger charge is 2.27. The Bertz CT molecular complexity index is 449. The molecule has 1 fully saturated rings. The van der Waals surface area contributed by atoms with Crippen LogP contribution in [0.1, 0.15) is 10.7 Å². The third-order valence-electron chi connectivity index (χ3n) is 2.54. The van der Waals surface area contributed by atoms with E-state index in [2.05, 4.69) is 4.98 Å². The van der Waals surface area contributed by atoms with Crippen LogP contribution in [-0.2, 0) is 22.0 Å². The summed E-state index contributed by atoms with van der Waals surface area (Å²) in [5.41, 5.74) is 0.805. The van der Waals surface area contributed by atoms with Gasteiger partial charge in [0.2, 0.25) is 11.8 Å². The van der Waals surface area contributed by atoms with Gasteiger partial charge in [-0.1, -0.05) is 0 Å². The smallest absolute Gasteiger partial charge is 0.243 e. The Morgan fingerprint density at radius 2 is 2.18 bits per heavy atom. The monoisotopic (exact) mass is 273 g/mol. The second-order valence-electron chi connectivity index (χ2n) is 3.87. The van der Waals surface area contributed by atoms with Gasteiger partial charge in [0, 0.05) is 12.4 Å². The highest BCUT2D eigenvalue weighted by molar-refractivity contribution is 7.09. The number of carbonyl (C=O) groups is 2. The molecule has 0 unspecified atom stereocenters. The van der Waals surface area contributed by atoms with Gasteiger partial charge in [0.15, 0.2) is 0 Å². The molecule has 0 radical (unpaired) electrons. The molecule has 1 aromatic heterocycles. The summed E-state index contributed by atoms with van der Waals surface area (Å²) in [6.07, 6.45) is 0. The lowest BCUT2D eigenvalue weighted by Gasteiger charge is -2.30. The van der Waals surface area contributed by atoms with Crippen LogP contribution in [0.15, 0.2) is 5.38 Å². The van der Waals surface area contributed by atoms with Gasteiger partial charge >= 0.3 is 0 Å². The van der Waals surface area contributed by atoms with Crippen LogP contribution in [0.4, 0.5) is 0 Å². The van der Waals surface area contributed by atoms with Crippen molar-refractivity contribution in [1.29, 1.82) is 0 Å². The minimum absolute atomic E-state index is 0.0428. The molecule has 0 spiro atoms. The van der Waals surface area contributed by atoms with Gasteiger partial charge in [0.25, 0.3) is 0 Å². The molecule has 1 saturated heterocycles. The van der Waals surface area contributed by atoms with Crippen molar-refractivity contribution in [3.63, 3.8) is 0 Å². The summed E-state index contributed by atoms with van der Waals surface area (Å²) >= 11 is 7.11. The maximum absolute atomic E-state index is 11.7. The van der Waals surface area contributed by atoms with Crippen LogP contribution >= 0.6 is 22.9 Å². The number of thiazole rings is 1. The van der Waals surface area contributed by atoms with Crippen LogP contribution in [0.2, 0.25) is 0 Å². The van der Waals surface area contributed by atoms with E-state index in [-0.39, 0.29) is 24.9 Å². The molecule has 0 aromatic carbocycles. The van der Waals surface area contributed by atoms with Crippen LogP contribution in [0.3, 0.4) is 0 Å². The molecule has 17 heavy (non-hydrogen) atoms. The van der Waals surface area contributed by atoms with Gasteiger partial charge in [-0.2, -0.15) is 0 Å². The van der Waals surface area contributed by atoms with Gasteiger partial charge in [0.1, 0.15) is 11.6 Å². The SMILES string of the molecule is CN1CC(=O)N(Cc2nc(CCl)cs2)CC1=O. The number of alkyl halides is 1. The summed E-state index contributed by atoms with van der Waals surface area (Å²) in [5.74, 6) is 0.278. The topological polar surface area (TPSA) is 53.5 Å². The number of carbonyl (C=O) groups excluding carboxylic acids is 2. The Labute approximate surface area is 108 Å². The zero-order valence-electron chi connectivity index (χ0n) is 9.35. The van der Waals surface area contributed by atoms with Gasteiger partial charge in [-0.15, -0.1) is 22.9 Å². The molecule has 0 aliphatic carbocycles. The minimum Gasteiger partial charge on any atom is -0.335 e. The Balaban J connectivity index is 2.03. The number of rotatable bonds is 3. The molecular formula is C10H12ClN3O2S. The van der Waals surface area contributed by atoms with Crippen molar-refractivity contribution >= 4 is 34.8 Å². The van der Waals surface area contributed by atoms with E-state index in [1.54, 1.807) is 7.05 Å². The van der Waals surface area contributed by atoms with E-state index < -0.39 is 0 Å². The summed E-state index contributed by atoms with van der Waals surface area (Å²) in [6, 6.07) is 0. The second kappa shape index (κ2) is 5.01. The fourth-order valence-corrected chi connectivity index (χ4v) is 2.59. The zero-order chi connectivity index (χ0) is 12.4.